The third-order valence-corrected chi connectivity index (χ3v) is 4.71. The summed E-state index contributed by atoms with van der Waals surface area (Å²) in [5.41, 5.74) is 2.12. The lowest BCUT2D eigenvalue weighted by atomic mass is 9.97. The van der Waals surface area contributed by atoms with Gasteiger partial charge in [-0.05, 0) is 30.7 Å². The van der Waals surface area contributed by atoms with Crippen LogP contribution in [0.3, 0.4) is 0 Å². The van der Waals surface area contributed by atoms with Gasteiger partial charge in [-0.1, -0.05) is 54.6 Å². The minimum Gasteiger partial charge on any atom is -0.493 e. The number of hydrogen-bond donors (Lipinski definition) is 1. The molecule has 1 amide bonds. The number of nitrogens with one attached hydrogen (secondary N) is 1. The molecule has 1 N–H and O–H groups in total. The number of rotatable bonds is 7. The summed E-state index contributed by atoms with van der Waals surface area (Å²) in [5.74, 6) is 0.710. The van der Waals surface area contributed by atoms with Gasteiger partial charge in [-0.15, -0.1) is 0 Å². The highest BCUT2D eigenvalue weighted by atomic mass is 16.5. The van der Waals surface area contributed by atoms with E-state index in [1.54, 1.807) is 68.8 Å². The van der Waals surface area contributed by atoms with E-state index in [0.717, 1.165) is 5.56 Å². The lowest BCUT2D eigenvalue weighted by Crippen LogP contribution is -2.28. The maximum Gasteiger partial charge on any atom is 0.252 e. The predicted molar refractivity (Wildman–Crippen MR) is 112 cm³/mol. The topological polar surface area (TPSA) is 64.6 Å². The first-order chi connectivity index (χ1) is 14.0. The van der Waals surface area contributed by atoms with Crippen LogP contribution in [0.5, 0.6) is 11.5 Å². The first kappa shape index (κ1) is 20.1. The van der Waals surface area contributed by atoms with E-state index in [1.165, 1.54) is 0 Å². The standard InChI is InChI=1S/C24H23NO4/c1-16(18-13-14-21(28-2)22(15-18)29-3)25-24(27)20-12-8-7-11-19(20)23(26)17-9-5-4-6-10-17/h4-16H,1-3H3,(H,25,27). The van der Waals surface area contributed by atoms with E-state index in [4.69, 9.17) is 9.47 Å². The second-order valence-electron chi connectivity index (χ2n) is 6.55. The van der Waals surface area contributed by atoms with Crippen molar-refractivity contribution in [1.82, 2.24) is 5.32 Å². The molecule has 0 saturated heterocycles. The minimum absolute atomic E-state index is 0.185. The molecule has 0 fully saturated rings. The van der Waals surface area contributed by atoms with Crippen molar-refractivity contribution < 1.29 is 19.1 Å². The Bertz CT molecular complexity index is 1010. The fourth-order valence-electron chi connectivity index (χ4n) is 3.10. The third kappa shape index (κ3) is 4.46. The van der Waals surface area contributed by atoms with E-state index in [-0.39, 0.29) is 17.7 Å². The molecule has 1 unspecified atom stereocenters. The molecule has 0 aromatic heterocycles. The third-order valence-electron chi connectivity index (χ3n) is 4.71. The summed E-state index contributed by atoms with van der Waals surface area (Å²) in [6.07, 6.45) is 0. The fraction of sp³-hybridized carbons (Fsp3) is 0.167. The number of ketones is 1. The molecule has 0 bridgehead atoms. The molecule has 148 valence electrons. The summed E-state index contributed by atoms with van der Waals surface area (Å²) in [5, 5.41) is 2.96. The highest BCUT2D eigenvalue weighted by Crippen LogP contribution is 2.30. The van der Waals surface area contributed by atoms with Crippen LogP contribution < -0.4 is 14.8 Å². The highest BCUT2D eigenvalue weighted by Gasteiger charge is 2.20. The molecule has 3 aromatic rings. The Morgan fingerprint density at radius 3 is 2.07 bits per heavy atom. The number of carbonyl (C=O) groups excluding carboxylic acids is 2. The zero-order valence-electron chi connectivity index (χ0n) is 16.6. The van der Waals surface area contributed by atoms with Gasteiger partial charge in [0.1, 0.15) is 0 Å². The monoisotopic (exact) mass is 389 g/mol. The van der Waals surface area contributed by atoms with Crippen molar-refractivity contribution in [2.24, 2.45) is 0 Å². The SMILES string of the molecule is COc1ccc(C(C)NC(=O)c2ccccc2C(=O)c2ccccc2)cc1OC. The first-order valence-electron chi connectivity index (χ1n) is 9.26. The van der Waals surface area contributed by atoms with Crippen LogP contribution in [0.2, 0.25) is 0 Å². The molecule has 0 aliphatic rings. The molecule has 29 heavy (non-hydrogen) atoms. The van der Waals surface area contributed by atoms with Gasteiger partial charge >= 0.3 is 0 Å². The second-order valence-corrected chi connectivity index (χ2v) is 6.55. The van der Waals surface area contributed by atoms with Gasteiger partial charge in [-0.3, -0.25) is 9.59 Å². The van der Waals surface area contributed by atoms with Gasteiger partial charge in [0.25, 0.3) is 5.91 Å². The summed E-state index contributed by atoms with van der Waals surface area (Å²) < 4.78 is 10.6. The zero-order valence-corrected chi connectivity index (χ0v) is 16.6. The molecular weight excluding hydrogens is 366 g/mol. The van der Waals surface area contributed by atoms with Gasteiger partial charge in [0.15, 0.2) is 17.3 Å². The van der Waals surface area contributed by atoms with Crippen molar-refractivity contribution in [3.05, 3.63) is 95.1 Å². The molecule has 5 heteroatoms. The molecule has 0 aliphatic heterocycles. The van der Waals surface area contributed by atoms with Crippen LogP contribution >= 0.6 is 0 Å². The fourth-order valence-corrected chi connectivity index (χ4v) is 3.10. The van der Waals surface area contributed by atoms with Gasteiger partial charge in [-0.25, -0.2) is 0 Å². The Kier molecular flexibility index (Phi) is 6.29. The molecule has 1 atom stereocenters. The van der Waals surface area contributed by atoms with E-state index in [1.807, 2.05) is 25.1 Å². The van der Waals surface area contributed by atoms with Crippen LogP contribution in [0, 0.1) is 0 Å². The molecule has 3 rings (SSSR count). The van der Waals surface area contributed by atoms with Crippen molar-refractivity contribution in [1.29, 1.82) is 0 Å². The number of methoxy groups -OCH3 is 2. The van der Waals surface area contributed by atoms with Crippen molar-refractivity contribution in [2.45, 2.75) is 13.0 Å². The summed E-state index contributed by atoms with van der Waals surface area (Å²) in [6, 6.07) is 21.0. The van der Waals surface area contributed by atoms with Crippen LogP contribution in [-0.2, 0) is 0 Å². The Morgan fingerprint density at radius 1 is 0.793 bits per heavy atom. The maximum atomic E-state index is 12.9. The summed E-state index contributed by atoms with van der Waals surface area (Å²) in [6.45, 7) is 1.88. The van der Waals surface area contributed by atoms with Crippen molar-refractivity contribution in [2.75, 3.05) is 14.2 Å². The number of amides is 1. The quantitative estimate of drug-likeness (QED) is 0.608. The maximum absolute atomic E-state index is 12.9. The van der Waals surface area contributed by atoms with E-state index in [9.17, 15) is 9.59 Å². The molecule has 3 aromatic carbocycles. The number of hydrogen-bond acceptors (Lipinski definition) is 4. The van der Waals surface area contributed by atoms with Crippen LogP contribution in [0.1, 0.15) is 44.8 Å². The van der Waals surface area contributed by atoms with E-state index in [2.05, 4.69) is 5.32 Å². The largest absolute Gasteiger partial charge is 0.493 e. The molecule has 5 nitrogen and oxygen atoms in total. The Balaban J connectivity index is 1.84. The van der Waals surface area contributed by atoms with Crippen molar-refractivity contribution in [3.8, 4) is 11.5 Å². The minimum atomic E-state index is -0.313. The average molecular weight is 389 g/mol. The first-order valence-corrected chi connectivity index (χ1v) is 9.26. The van der Waals surface area contributed by atoms with E-state index in [0.29, 0.717) is 28.2 Å². The van der Waals surface area contributed by atoms with Crippen LogP contribution in [0.15, 0.2) is 72.8 Å². The molecule has 0 heterocycles. The van der Waals surface area contributed by atoms with E-state index >= 15 is 0 Å². The highest BCUT2D eigenvalue weighted by molar-refractivity contribution is 6.15. The van der Waals surface area contributed by atoms with Gasteiger partial charge in [0.05, 0.1) is 25.8 Å². The predicted octanol–water partition coefficient (Wildman–Crippen LogP) is 4.43. The molecule has 0 radical (unpaired) electrons. The molecular formula is C24H23NO4. The smallest absolute Gasteiger partial charge is 0.252 e. The second kappa shape index (κ2) is 9.06. The van der Waals surface area contributed by atoms with Crippen LogP contribution in [0.4, 0.5) is 0 Å². The van der Waals surface area contributed by atoms with Gasteiger partial charge < -0.3 is 14.8 Å². The normalized spacial score (nSPS) is 11.4. The Hall–Kier alpha value is -3.60. The van der Waals surface area contributed by atoms with Gasteiger partial charge in [0.2, 0.25) is 0 Å². The summed E-state index contributed by atoms with van der Waals surface area (Å²) in [7, 11) is 3.14. The Morgan fingerprint density at radius 2 is 1.41 bits per heavy atom. The van der Waals surface area contributed by atoms with Gasteiger partial charge in [-0.2, -0.15) is 0 Å². The number of ether oxygens (including phenoxy) is 2. The van der Waals surface area contributed by atoms with Crippen molar-refractivity contribution >= 4 is 11.7 Å². The lowest BCUT2D eigenvalue weighted by molar-refractivity contribution is 0.0929. The lowest BCUT2D eigenvalue weighted by Gasteiger charge is -2.17. The van der Waals surface area contributed by atoms with Crippen molar-refractivity contribution in [3.63, 3.8) is 0 Å². The zero-order chi connectivity index (χ0) is 20.8. The number of carbonyl (C=O) groups is 2. The summed E-state index contributed by atoms with van der Waals surface area (Å²) in [4.78, 5) is 25.8. The average Bonchev–Trinajstić information content (AvgIpc) is 2.78. The molecule has 0 saturated carbocycles. The molecule has 0 spiro atoms. The van der Waals surface area contributed by atoms with Gasteiger partial charge in [0, 0.05) is 11.1 Å². The summed E-state index contributed by atoms with van der Waals surface area (Å²) >= 11 is 0. The molecule has 0 aliphatic carbocycles. The number of benzene rings is 3. The van der Waals surface area contributed by atoms with Crippen LogP contribution in [-0.4, -0.2) is 25.9 Å². The van der Waals surface area contributed by atoms with Crippen LogP contribution in [0.25, 0.3) is 0 Å². The van der Waals surface area contributed by atoms with E-state index < -0.39 is 0 Å². The Labute approximate surface area is 170 Å².